The van der Waals surface area contributed by atoms with E-state index in [1.54, 1.807) is 12.3 Å². The zero-order chi connectivity index (χ0) is 19.8. The molecule has 9 nitrogen and oxygen atoms in total. The smallest absolute Gasteiger partial charge is 0.312 e. The zero-order valence-electron chi connectivity index (χ0n) is 14.3. The Hall–Kier alpha value is -3.11. The Labute approximate surface area is 167 Å². The van der Waals surface area contributed by atoms with Gasteiger partial charge in [0.05, 0.1) is 10.5 Å². The molecule has 142 valence electrons. The first-order valence-corrected chi connectivity index (χ1v) is 9.56. The Bertz CT molecular complexity index is 1100. The molecule has 2 heterocycles. The van der Waals surface area contributed by atoms with Gasteiger partial charge in [-0.2, -0.15) is 4.98 Å². The van der Waals surface area contributed by atoms with Crippen LogP contribution in [0.1, 0.15) is 11.8 Å². The summed E-state index contributed by atoms with van der Waals surface area (Å²) in [6, 6.07) is 9.73. The lowest BCUT2D eigenvalue weighted by molar-refractivity contribution is -0.386. The summed E-state index contributed by atoms with van der Waals surface area (Å²) < 4.78 is 5.96. The van der Waals surface area contributed by atoms with Crippen molar-refractivity contribution >= 4 is 34.7 Å². The number of aromatic hydroxyl groups is 1. The Morgan fingerprint density at radius 2 is 2.11 bits per heavy atom. The Balaban J connectivity index is 1.90. The van der Waals surface area contributed by atoms with Gasteiger partial charge >= 0.3 is 5.69 Å². The average Bonchev–Trinajstić information content (AvgIpc) is 2.85. The predicted molar refractivity (Wildman–Crippen MR) is 104 cm³/mol. The number of para-hydroxylation sites is 1. The molecule has 0 amide bonds. The molecule has 0 saturated heterocycles. The van der Waals surface area contributed by atoms with Crippen LogP contribution in [-0.2, 0) is 0 Å². The highest BCUT2D eigenvalue weighted by Gasteiger charge is 2.30. The van der Waals surface area contributed by atoms with Crippen molar-refractivity contribution in [3.05, 3.63) is 57.1 Å². The van der Waals surface area contributed by atoms with Crippen molar-refractivity contribution < 1.29 is 14.8 Å². The number of phenols is 1. The number of ether oxygens (including phenoxy) is 1. The van der Waals surface area contributed by atoms with Gasteiger partial charge in [-0.25, -0.2) is 0 Å². The van der Waals surface area contributed by atoms with Crippen LogP contribution in [0, 0.1) is 10.1 Å². The third-order valence-corrected chi connectivity index (χ3v) is 4.84. The van der Waals surface area contributed by atoms with Crippen molar-refractivity contribution in [3.63, 3.8) is 0 Å². The molecule has 2 N–H and O–H groups in total. The maximum Gasteiger partial charge on any atom is 0.312 e. The summed E-state index contributed by atoms with van der Waals surface area (Å²) in [5.41, 5.74) is 1.34. The molecule has 28 heavy (non-hydrogen) atoms. The van der Waals surface area contributed by atoms with E-state index in [2.05, 4.69) is 20.5 Å². The van der Waals surface area contributed by atoms with Gasteiger partial charge in [0, 0.05) is 22.3 Å². The molecule has 0 unspecified atom stereocenters. The minimum absolute atomic E-state index is 0.0910. The number of thioether (sulfide) groups is 1. The standard InChI is InChI=1S/C17H12ClN5O4S/c1-28-17-20-16-13(21-22-17)9-4-2-3-5-11(9)19-15(27-16)10-6-8(18)7-12(14(10)24)23(25)26/h2-7,15,19,24H,1H3/t15-/m1/s1. The van der Waals surface area contributed by atoms with Gasteiger partial charge in [0.2, 0.25) is 23.0 Å². The number of fused-ring (bicyclic) bond motifs is 3. The highest BCUT2D eigenvalue weighted by atomic mass is 35.5. The molecule has 2 aromatic carbocycles. The molecule has 0 fully saturated rings. The van der Waals surface area contributed by atoms with Crippen molar-refractivity contribution in [2.75, 3.05) is 11.6 Å². The van der Waals surface area contributed by atoms with Crippen molar-refractivity contribution in [2.24, 2.45) is 0 Å². The lowest BCUT2D eigenvalue weighted by Crippen LogP contribution is -2.17. The topological polar surface area (TPSA) is 123 Å². The number of nitro groups is 1. The molecule has 1 aliphatic heterocycles. The molecule has 1 atom stereocenters. The van der Waals surface area contributed by atoms with Gasteiger partial charge < -0.3 is 15.2 Å². The molecule has 11 heteroatoms. The highest BCUT2D eigenvalue weighted by Crippen LogP contribution is 2.43. The van der Waals surface area contributed by atoms with E-state index in [1.807, 2.05) is 18.2 Å². The number of anilines is 1. The normalized spacial score (nSPS) is 14.9. The van der Waals surface area contributed by atoms with Crippen molar-refractivity contribution in [1.82, 2.24) is 15.2 Å². The fourth-order valence-electron chi connectivity index (χ4n) is 2.82. The fourth-order valence-corrected chi connectivity index (χ4v) is 3.34. The summed E-state index contributed by atoms with van der Waals surface area (Å²) >= 11 is 7.33. The van der Waals surface area contributed by atoms with Gasteiger partial charge in [0.15, 0.2) is 5.69 Å². The molecule has 4 rings (SSSR count). The second-order valence-electron chi connectivity index (χ2n) is 5.76. The Kier molecular flexibility index (Phi) is 4.65. The maximum atomic E-state index is 11.2. The summed E-state index contributed by atoms with van der Waals surface area (Å²) in [4.78, 5) is 14.9. The molecule has 1 aliphatic rings. The monoisotopic (exact) mass is 417 g/mol. The van der Waals surface area contributed by atoms with Crippen molar-refractivity contribution in [2.45, 2.75) is 11.4 Å². The quantitative estimate of drug-likeness (QED) is 0.369. The third-order valence-electron chi connectivity index (χ3n) is 4.08. The van der Waals surface area contributed by atoms with Gasteiger partial charge in [-0.1, -0.05) is 41.6 Å². The number of phenolic OH excluding ortho intramolecular Hbond substituents is 1. The molecular weight excluding hydrogens is 406 g/mol. The summed E-state index contributed by atoms with van der Waals surface area (Å²) in [5, 5.41) is 33.6. The number of hydrogen-bond acceptors (Lipinski definition) is 9. The van der Waals surface area contributed by atoms with E-state index in [0.29, 0.717) is 22.1 Å². The molecular formula is C17H12ClN5O4S. The average molecular weight is 418 g/mol. The van der Waals surface area contributed by atoms with Crippen LogP contribution in [0.4, 0.5) is 11.4 Å². The van der Waals surface area contributed by atoms with Crippen LogP contribution in [0.3, 0.4) is 0 Å². The van der Waals surface area contributed by atoms with Crippen LogP contribution < -0.4 is 10.1 Å². The van der Waals surface area contributed by atoms with E-state index in [1.165, 1.54) is 17.8 Å². The van der Waals surface area contributed by atoms with E-state index in [4.69, 9.17) is 16.3 Å². The van der Waals surface area contributed by atoms with Crippen molar-refractivity contribution in [1.29, 1.82) is 0 Å². The number of halogens is 1. The summed E-state index contributed by atoms with van der Waals surface area (Å²) in [6.45, 7) is 0. The molecule has 0 saturated carbocycles. The van der Waals surface area contributed by atoms with Crippen LogP contribution in [0.15, 0.2) is 41.6 Å². The van der Waals surface area contributed by atoms with Crippen molar-refractivity contribution in [3.8, 4) is 22.9 Å². The van der Waals surface area contributed by atoms with E-state index >= 15 is 0 Å². The fraction of sp³-hybridized carbons (Fsp3) is 0.118. The number of nitrogens with one attached hydrogen (secondary N) is 1. The van der Waals surface area contributed by atoms with E-state index in [9.17, 15) is 15.2 Å². The molecule has 3 aromatic rings. The van der Waals surface area contributed by atoms with Crippen LogP contribution >= 0.6 is 23.4 Å². The van der Waals surface area contributed by atoms with Crippen LogP contribution in [0.25, 0.3) is 11.3 Å². The minimum atomic E-state index is -0.994. The molecule has 0 aliphatic carbocycles. The zero-order valence-corrected chi connectivity index (χ0v) is 15.9. The highest BCUT2D eigenvalue weighted by molar-refractivity contribution is 7.98. The Morgan fingerprint density at radius 1 is 1.32 bits per heavy atom. The van der Waals surface area contributed by atoms with Gasteiger partial charge in [0.25, 0.3) is 0 Å². The number of aromatic nitrogens is 3. The predicted octanol–water partition coefficient (Wildman–Crippen LogP) is 4.03. The van der Waals surface area contributed by atoms with Gasteiger partial charge in [-0.05, 0) is 18.4 Å². The first-order valence-electron chi connectivity index (χ1n) is 7.96. The lowest BCUT2D eigenvalue weighted by Gasteiger charge is -2.20. The second-order valence-corrected chi connectivity index (χ2v) is 6.97. The first kappa shape index (κ1) is 18.3. The first-order chi connectivity index (χ1) is 13.5. The number of nitrogens with zero attached hydrogens (tertiary/aromatic N) is 4. The summed E-state index contributed by atoms with van der Waals surface area (Å²) in [7, 11) is 0. The molecule has 0 spiro atoms. The van der Waals surface area contributed by atoms with E-state index in [0.717, 1.165) is 6.07 Å². The van der Waals surface area contributed by atoms with Gasteiger partial charge in [-0.3, -0.25) is 10.1 Å². The molecule has 0 radical (unpaired) electrons. The minimum Gasteiger partial charge on any atom is -0.502 e. The Morgan fingerprint density at radius 3 is 2.86 bits per heavy atom. The molecule has 1 aromatic heterocycles. The number of benzene rings is 2. The van der Waals surface area contributed by atoms with E-state index < -0.39 is 22.6 Å². The number of hydrogen-bond donors (Lipinski definition) is 2. The van der Waals surface area contributed by atoms with E-state index in [-0.39, 0.29) is 16.5 Å². The largest absolute Gasteiger partial charge is 0.502 e. The number of nitro benzene ring substituents is 1. The van der Waals surface area contributed by atoms with Gasteiger partial charge in [-0.15, -0.1) is 10.2 Å². The lowest BCUT2D eigenvalue weighted by atomic mass is 10.1. The van der Waals surface area contributed by atoms with Gasteiger partial charge in [0.1, 0.15) is 0 Å². The third kappa shape index (κ3) is 3.16. The van der Waals surface area contributed by atoms with Crippen LogP contribution in [-0.4, -0.2) is 31.5 Å². The van der Waals surface area contributed by atoms with Crippen LogP contribution in [0.5, 0.6) is 11.6 Å². The molecule has 0 bridgehead atoms. The summed E-state index contributed by atoms with van der Waals surface area (Å²) in [6.07, 6.45) is 0.807. The summed E-state index contributed by atoms with van der Waals surface area (Å²) in [5.74, 6) is -0.358. The second kappa shape index (κ2) is 7.13. The number of rotatable bonds is 3. The maximum absolute atomic E-state index is 11.2. The van der Waals surface area contributed by atoms with Crippen LogP contribution in [0.2, 0.25) is 5.02 Å². The SMILES string of the molecule is CSc1nnc2c(n1)O[C@H](c1cc(Cl)cc([N+](=O)[O-])c1O)Nc1ccccc1-2.